The Balaban J connectivity index is 1.66. The summed E-state index contributed by atoms with van der Waals surface area (Å²) in [5.41, 5.74) is 0.562. The normalized spacial score (nSPS) is 17.7. The monoisotopic (exact) mass is 304 g/mol. The largest absolute Gasteiger partial charge is 0.497 e. The lowest BCUT2D eigenvalue weighted by Gasteiger charge is -2.04. The van der Waals surface area contributed by atoms with Crippen molar-refractivity contribution < 1.29 is 9.53 Å². The Morgan fingerprint density at radius 3 is 2.86 bits per heavy atom. The molecule has 1 aromatic carbocycles. The van der Waals surface area contributed by atoms with Crippen LogP contribution in [0.25, 0.3) is 0 Å². The third-order valence-electron chi connectivity index (χ3n) is 3.37. The molecular formula is C14H16N4O2S. The zero-order chi connectivity index (χ0) is 14.7. The zero-order valence-electron chi connectivity index (χ0n) is 11.6. The van der Waals surface area contributed by atoms with Crippen LogP contribution in [0.15, 0.2) is 24.3 Å². The van der Waals surface area contributed by atoms with E-state index in [0.717, 1.165) is 30.1 Å². The minimum Gasteiger partial charge on any atom is -0.497 e. The average Bonchev–Trinajstić information content (AvgIpc) is 3.18. The molecule has 1 aromatic heterocycles. The first-order chi connectivity index (χ1) is 10.3. The van der Waals surface area contributed by atoms with Gasteiger partial charge in [0, 0.05) is 5.56 Å². The van der Waals surface area contributed by atoms with Crippen LogP contribution in [0, 0.1) is 0 Å². The number of carbonyl (C=O) groups is 1. The fourth-order valence-electron chi connectivity index (χ4n) is 2.23. The fourth-order valence-corrected chi connectivity index (χ4v) is 3.08. The number of carbonyl (C=O) groups excluding carboxylic acids is 1. The first-order valence-corrected chi connectivity index (χ1v) is 7.60. The number of hydrogen-bond acceptors (Lipinski definition) is 6. The molecule has 0 spiro atoms. The molecule has 3 rings (SSSR count). The molecular weight excluding hydrogens is 288 g/mol. The second-order valence-electron chi connectivity index (χ2n) is 4.78. The number of rotatable bonds is 4. The van der Waals surface area contributed by atoms with E-state index in [4.69, 9.17) is 4.74 Å². The lowest BCUT2D eigenvalue weighted by Crippen LogP contribution is -2.12. The van der Waals surface area contributed by atoms with Crippen LogP contribution in [0.5, 0.6) is 5.75 Å². The molecule has 110 valence electrons. The Kier molecular flexibility index (Phi) is 4.12. The second-order valence-corrected chi connectivity index (χ2v) is 5.79. The highest BCUT2D eigenvalue weighted by Crippen LogP contribution is 2.27. The number of anilines is 1. The van der Waals surface area contributed by atoms with Crippen LogP contribution >= 0.6 is 11.3 Å². The van der Waals surface area contributed by atoms with E-state index in [1.807, 2.05) is 0 Å². The molecule has 6 nitrogen and oxygen atoms in total. The first kappa shape index (κ1) is 14.0. The molecule has 7 heteroatoms. The molecule has 1 fully saturated rings. The number of methoxy groups -OCH3 is 1. The maximum atomic E-state index is 12.1. The average molecular weight is 304 g/mol. The van der Waals surface area contributed by atoms with Gasteiger partial charge in [-0.15, -0.1) is 10.2 Å². The standard InChI is InChI=1S/C14H16N4O2S/c1-20-10-6-4-9(5-7-10)12(19)16-14-18-17-13(21-14)11-3-2-8-15-11/h4-7,11,15H,2-3,8H2,1H3,(H,16,18,19). The van der Waals surface area contributed by atoms with Crippen molar-refractivity contribution in [3.05, 3.63) is 34.8 Å². The number of aromatic nitrogens is 2. The lowest BCUT2D eigenvalue weighted by atomic mass is 10.2. The van der Waals surface area contributed by atoms with Crippen molar-refractivity contribution >= 4 is 22.4 Å². The van der Waals surface area contributed by atoms with Crippen molar-refractivity contribution in [2.45, 2.75) is 18.9 Å². The molecule has 1 atom stereocenters. The van der Waals surface area contributed by atoms with Crippen LogP contribution in [0.3, 0.4) is 0 Å². The second kappa shape index (κ2) is 6.19. The van der Waals surface area contributed by atoms with E-state index in [1.54, 1.807) is 31.4 Å². The Bertz CT molecular complexity index is 620. The minimum atomic E-state index is -0.195. The van der Waals surface area contributed by atoms with Crippen molar-refractivity contribution in [3.63, 3.8) is 0 Å². The molecule has 0 aliphatic carbocycles. The van der Waals surface area contributed by atoms with Crippen molar-refractivity contribution in [3.8, 4) is 5.75 Å². The van der Waals surface area contributed by atoms with Crippen molar-refractivity contribution in [1.82, 2.24) is 15.5 Å². The summed E-state index contributed by atoms with van der Waals surface area (Å²) in [6, 6.07) is 7.21. The van der Waals surface area contributed by atoms with Gasteiger partial charge in [-0.05, 0) is 43.7 Å². The van der Waals surface area contributed by atoms with Gasteiger partial charge in [-0.3, -0.25) is 10.1 Å². The topological polar surface area (TPSA) is 76.1 Å². The zero-order valence-corrected chi connectivity index (χ0v) is 12.4. The molecule has 1 saturated heterocycles. The quantitative estimate of drug-likeness (QED) is 0.906. The van der Waals surface area contributed by atoms with Crippen LogP contribution in [-0.2, 0) is 0 Å². The van der Waals surface area contributed by atoms with Gasteiger partial charge < -0.3 is 10.1 Å². The highest BCUT2D eigenvalue weighted by Gasteiger charge is 2.21. The van der Waals surface area contributed by atoms with Gasteiger partial charge in [0.1, 0.15) is 10.8 Å². The number of nitrogens with zero attached hydrogens (tertiary/aromatic N) is 2. The number of hydrogen-bond donors (Lipinski definition) is 2. The molecule has 1 aliphatic heterocycles. The van der Waals surface area contributed by atoms with E-state index in [2.05, 4.69) is 20.8 Å². The predicted molar refractivity (Wildman–Crippen MR) is 80.8 cm³/mol. The third-order valence-corrected chi connectivity index (χ3v) is 4.32. The molecule has 0 radical (unpaired) electrons. The maximum absolute atomic E-state index is 12.1. The van der Waals surface area contributed by atoms with Gasteiger partial charge in [0.15, 0.2) is 0 Å². The van der Waals surface area contributed by atoms with Gasteiger partial charge in [-0.1, -0.05) is 11.3 Å². The molecule has 21 heavy (non-hydrogen) atoms. The van der Waals surface area contributed by atoms with Gasteiger partial charge in [0.2, 0.25) is 5.13 Å². The molecule has 1 unspecified atom stereocenters. The van der Waals surface area contributed by atoms with E-state index in [1.165, 1.54) is 11.3 Å². The Morgan fingerprint density at radius 2 is 2.19 bits per heavy atom. The van der Waals surface area contributed by atoms with Crippen molar-refractivity contribution in [2.75, 3.05) is 19.0 Å². The van der Waals surface area contributed by atoms with Gasteiger partial charge in [-0.2, -0.15) is 0 Å². The maximum Gasteiger partial charge on any atom is 0.257 e. The summed E-state index contributed by atoms with van der Waals surface area (Å²) in [5.74, 6) is 0.525. The van der Waals surface area contributed by atoms with Gasteiger partial charge >= 0.3 is 0 Å². The highest BCUT2D eigenvalue weighted by molar-refractivity contribution is 7.15. The van der Waals surface area contributed by atoms with E-state index in [9.17, 15) is 4.79 Å². The van der Waals surface area contributed by atoms with Crippen LogP contribution in [0.1, 0.15) is 34.2 Å². The van der Waals surface area contributed by atoms with Gasteiger partial charge in [-0.25, -0.2) is 0 Å². The summed E-state index contributed by atoms with van der Waals surface area (Å²) in [6.07, 6.45) is 2.22. The van der Waals surface area contributed by atoms with Crippen LogP contribution in [0.2, 0.25) is 0 Å². The van der Waals surface area contributed by atoms with Crippen LogP contribution < -0.4 is 15.4 Å². The smallest absolute Gasteiger partial charge is 0.257 e. The van der Waals surface area contributed by atoms with E-state index >= 15 is 0 Å². The van der Waals surface area contributed by atoms with E-state index in [0.29, 0.717) is 10.7 Å². The molecule has 2 aromatic rings. The SMILES string of the molecule is COc1ccc(C(=O)Nc2nnc(C3CCCN3)s2)cc1. The van der Waals surface area contributed by atoms with E-state index in [-0.39, 0.29) is 11.9 Å². The summed E-state index contributed by atoms with van der Waals surface area (Å²) < 4.78 is 5.07. The van der Waals surface area contributed by atoms with Crippen LogP contribution in [0.4, 0.5) is 5.13 Å². The van der Waals surface area contributed by atoms with Crippen molar-refractivity contribution in [1.29, 1.82) is 0 Å². The first-order valence-electron chi connectivity index (χ1n) is 6.78. The molecule has 2 heterocycles. The summed E-state index contributed by atoms with van der Waals surface area (Å²) in [4.78, 5) is 12.1. The minimum absolute atomic E-state index is 0.195. The van der Waals surface area contributed by atoms with Crippen LogP contribution in [-0.4, -0.2) is 29.8 Å². The summed E-state index contributed by atoms with van der Waals surface area (Å²) >= 11 is 1.42. The summed E-state index contributed by atoms with van der Waals surface area (Å²) in [6.45, 7) is 1.01. The van der Waals surface area contributed by atoms with E-state index < -0.39 is 0 Å². The number of benzene rings is 1. The molecule has 0 saturated carbocycles. The lowest BCUT2D eigenvalue weighted by molar-refractivity contribution is 0.102. The highest BCUT2D eigenvalue weighted by atomic mass is 32.1. The number of nitrogens with one attached hydrogen (secondary N) is 2. The molecule has 1 amide bonds. The Hall–Kier alpha value is -1.99. The number of amides is 1. The third kappa shape index (κ3) is 3.20. The Morgan fingerprint density at radius 1 is 1.38 bits per heavy atom. The summed E-state index contributed by atoms with van der Waals surface area (Å²) in [5, 5.41) is 15.8. The van der Waals surface area contributed by atoms with Crippen molar-refractivity contribution in [2.24, 2.45) is 0 Å². The van der Waals surface area contributed by atoms with Gasteiger partial charge in [0.05, 0.1) is 13.2 Å². The fraction of sp³-hybridized carbons (Fsp3) is 0.357. The number of ether oxygens (including phenoxy) is 1. The molecule has 1 aliphatic rings. The van der Waals surface area contributed by atoms with Gasteiger partial charge in [0.25, 0.3) is 5.91 Å². The Labute approximate surface area is 126 Å². The molecule has 0 bridgehead atoms. The predicted octanol–water partition coefficient (Wildman–Crippen LogP) is 2.22. The molecule has 2 N–H and O–H groups in total. The summed E-state index contributed by atoms with van der Waals surface area (Å²) in [7, 11) is 1.59.